The summed E-state index contributed by atoms with van der Waals surface area (Å²) in [5, 5.41) is 2.68. The van der Waals surface area contributed by atoms with Crippen LogP contribution in [-0.4, -0.2) is 18.5 Å². The molecule has 0 heterocycles. The molecule has 13 heavy (non-hydrogen) atoms. The Kier molecular flexibility index (Phi) is 5.99. The maximum absolute atomic E-state index is 11.3. The fourth-order valence-electron chi connectivity index (χ4n) is 0.929. The van der Waals surface area contributed by atoms with Gasteiger partial charge in [-0.2, -0.15) is 0 Å². The zero-order chi connectivity index (χ0) is 10.4. The predicted molar refractivity (Wildman–Crippen MR) is 58.5 cm³/mol. The molecule has 0 spiro atoms. The predicted octanol–water partition coefficient (Wildman–Crippen LogP) is 1.38. The molecule has 0 fully saturated rings. The van der Waals surface area contributed by atoms with Crippen LogP contribution in [0.2, 0.25) is 0 Å². The highest BCUT2D eigenvalue weighted by Crippen LogP contribution is 2.03. The van der Waals surface area contributed by atoms with Gasteiger partial charge in [0.2, 0.25) is 5.91 Å². The molecule has 1 unspecified atom stereocenters. The molecule has 76 valence electrons. The van der Waals surface area contributed by atoms with E-state index in [1.165, 1.54) is 0 Å². The van der Waals surface area contributed by atoms with Crippen LogP contribution in [0.5, 0.6) is 0 Å². The van der Waals surface area contributed by atoms with E-state index in [2.05, 4.69) is 27.8 Å². The lowest BCUT2D eigenvalue weighted by Crippen LogP contribution is -2.41. The van der Waals surface area contributed by atoms with Crippen molar-refractivity contribution < 1.29 is 4.79 Å². The molecule has 0 aliphatic rings. The van der Waals surface area contributed by atoms with Gasteiger partial charge in [0.05, 0.1) is 6.04 Å². The number of nitrogens with two attached hydrogens (primary N) is 1. The van der Waals surface area contributed by atoms with E-state index in [4.69, 9.17) is 5.73 Å². The third-order valence-corrected chi connectivity index (χ3v) is 1.80. The first-order valence-corrected chi connectivity index (χ1v) is 5.09. The molecule has 0 saturated heterocycles. The Labute approximate surface area is 87.9 Å². The van der Waals surface area contributed by atoms with Crippen molar-refractivity contribution >= 4 is 21.8 Å². The molecule has 0 aliphatic heterocycles. The van der Waals surface area contributed by atoms with Crippen molar-refractivity contribution in [3.05, 3.63) is 11.1 Å². The molecular weight excluding hydrogens is 232 g/mol. The molecule has 4 heteroatoms. The van der Waals surface area contributed by atoms with Gasteiger partial charge < -0.3 is 11.1 Å². The van der Waals surface area contributed by atoms with Crippen LogP contribution < -0.4 is 11.1 Å². The van der Waals surface area contributed by atoms with Crippen LogP contribution >= 0.6 is 15.9 Å². The van der Waals surface area contributed by atoms with E-state index in [1.807, 2.05) is 13.8 Å². The third kappa shape index (κ3) is 6.78. The number of nitrogens with one attached hydrogen (secondary N) is 1. The van der Waals surface area contributed by atoms with Crippen LogP contribution in [-0.2, 0) is 4.79 Å². The highest BCUT2D eigenvalue weighted by molar-refractivity contribution is 9.11. The van der Waals surface area contributed by atoms with Gasteiger partial charge in [-0.05, 0) is 12.3 Å². The van der Waals surface area contributed by atoms with E-state index in [9.17, 15) is 4.79 Å². The van der Waals surface area contributed by atoms with Crippen LogP contribution in [0.25, 0.3) is 0 Å². The van der Waals surface area contributed by atoms with Gasteiger partial charge in [-0.15, -0.1) is 0 Å². The Morgan fingerprint density at radius 2 is 2.15 bits per heavy atom. The summed E-state index contributed by atoms with van der Waals surface area (Å²) in [6.45, 7) is 8.12. The summed E-state index contributed by atoms with van der Waals surface area (Å²) in [4.78, 5) is 11.3. The number of amides is 1. The van der Waals surface area contributed by atoms with Crippen LogP contribution in [0.1, 0.15) is 20.3 Å². The van der Waals surface area contributed by atoms with E-state index in [-0.39, 0.29) is 5.91 Å². The molecule has 1 amide bonds. The van der Waals surface area contributed by atoms with Crippen molar-refractivity contribution in [3.8, 4) is 0 Å². The molecule has 0 aromatic heterocycles. The molecule has 3 N–H and O–H groups in total. The molecule has 0 saturated carbocycles. The zero-order valence-electron chi connectivity index (χ0n) is 8.14. The first-order valence-electron chi connectivity index (χ1n) is 4.30. The van der Waals surface area contributed by atoms with Crippen molar-refractivity contribution in [2.24, 2.45) is 11.7 Å². The lowest BCUT2D eigenvalue weighted by Gasteiger charge is -2.13. The van der Waals surface area contributed by atoms with Gasteiger partial charge in [-0.25, -0.2) is 0 Å². The first kappa shape index (κ1) is 12.7. The van der Waals surface area contributed by atoms with Gasteiger partial charge in [-0.1, -0.05) is 36.4 Å². The minimum Gasteiger partial charge on any atom is -0.350 e. The monoisotopic (exact) mass is 248 g/mol. The Bertz CT molecular complexity index is 192. The average molecular weight is 249 g/mol. The van der Waals surface area contributed by atoms with Crippen molar-refractivity contribution in [3.63, 3.8) is 0 Å². The van der Waals surface area contributed by atoms with Crippen molar-refractivity contribution in [1.82, 2.24) is 5.32 Å². The summed E-state index contributed by atoms with van der Waals surface area (Å²) in [5.41, 5.74) is 5.65. The number of carbonyl (C=O) groups is 1. The lowest BCUT2D eigenvalue weighted by molar-refractivity contribution is -0.122. The Balaban J connectivity index is 3.76. The molecule has 0 aliphatic carbocycles. The maximum atomic E-state index is 11.3. The van der Waals surface area contributed by atoms with E-state index in [1.54, 1.807) is 0 Å². The summed E-state index contributed by atoms with van der Waals surface area (Å²) in [5.74, 6) is 0.322. The Morgan fingerprint density at radius 1 is 1.62 bits per heavy atom. The smallest absolute Gasteiger partial charge is 0.237 e. The van der Waals surface area contributed by atoms with E-state index >= 15 is 0 Å². The van der Waals surface area contributed by atoms with Crippen LogP contribution in [0, 0.1) is 5.92 Å². The van der Waals surface area contributed by atoms with Crippen LogP contribution in [0.3, 0.4) is 0 Å². The topological polar surface area (TPSA) is 55.1 Å². The van der Waals surface area contributed by atoms with Gasteiger partial charge in [0.15, 0.2) is 0 Å². The number of halogens is 1. The largest absolute Gasteiger partial charge is 0.350 e. The highest BCUT2D eigenvalue weighted by atomic mass is 79.9. The number of hydrogen-bond donors (Lipinski definition) is 2. The van der Waals surface area contributed by atoms with E-state index in [0.29, 0.717) is 18.9 Å². The van der Waals surface area contributed by atoms with Crippen LogP contribution in [0.4, 0.5) is 0 Å². The summed E-state index contributed by atoms with van der Waals surface area (Å²) >= 11 is 3.15. The standard InChI is InChI=1S/C9H17BrN2O/c1-6(2)4-8(11)9(13)12-5-7(3)10/h6,8H,3-5,11H2,1-2H3,(H,12,13). The van der Waals surface area contributed by atoms with Gasteiger partial charge in [0.1, 0.15) is 0 Å². The summed E-state index contributed by atoms with van der Waals surface area (Å²) < 4.78 is 0.748. The molecule has 0 rings (SSSR count). The number of hydrogen-bond acceptors (Lipinski definition) is 2. The summed E-state index contributed by atoms with van der Waals surface area (Å²) in [7, 11) is 0. The molecular formula is C9H17BrN2O. The normalized spacial score (nSPS) is 12.7. The Morgan fingerprint density at radius 3 is 2.54 bits per heavy atom. The van der Waals surface area contributed by atoms with E-state index < -0.39 is 6.04 Å². The second kappa shape index (κ2) is 6.16. The van der Waals surface area contributed by atoms with Crippen LogP contribution in [0.15, 0.2) is 11.1 Å². The van der Waals surface area contributed by atoms with E-state index in [0.717, 1.165) is 4.48 Å². The molecule has 0 radical (unpaired) electrons. The molecule has 0 aromatic rings. The third-order valence-electron chi connectivity index (χ3n) is 1.52. The molecule has 0 aromatic carbocycles. The van der Waals surface area contributed by atoms with Crippen molar-refractivity contribution in [2.45, 2.75) is 26.3 Å². The minimum absolute atomic E-state index is 0.116. The van der Waals surface area contributed by atoms with Gasteiger partial charge in [0, 0.05) is 11.0 Å². The fourth-order valence-corrected chi connectivity index (χ4v) is 1.07. The minimum atomic E-state index is -0.410. The lowest BCUT2D eigenvalue weighted by atomic mass is 10.0. The number of carbonyl (C=O) groups excluding carboxylic acids is 1. The van der Waals surface area contributed by atoms with Crippen molar-refractivity contribution in [1.29, 1.82) is 0 Å². The average Bonchev–Trinajstić information content (AvgIpc) is 1.98. The maximum Gasteiger partial charge on any atom is 0.237 e. The number of rotatable bonds is 5. The summed E-state index contributed by atoms with van der Waals surface area (Å²) in [6, 6.07) is -0.410. The summed E-state index contributed by atoms with van der Waals surface area (Å²) in [6.07, 6.45) is 0.709. The Hall–Kier alpha value is -0.350. The molecule has 0 bridgehead atoms. The SMILES string of the molecule is C=C(Br)CNC(=O)C(N)CC(C)C. The zero-order valence-corrected chi connectivity index (χ0v) is 9.73. The van der Waals surface area contributed by atoms with Crippen molar-refractivity contribution in [2.75, 3.05) is 6.54 Å². The first-order chi connectivity index (χ1) is 5.93. The van der Waals surface area contributed by atoms with Gasteiger partial charge >= 0.3 is 0 Å². The van der Waals surface area contributed by atoms with Gasteiger partial charge in [0.25, 0.3) is 0 Å². The molecule has 1 atom stereocenters. The van der Waals surface area contributed by atoms with Gasteiger partial charge in [-0.3, -0.25) is 4.79 Å². The highest BCUT2D eigenvalue weighted by Gasteiger charge is 2.13. The second-order valence-electron chi connectivity index (χ2n) is 3.47. The second-order valence-corrected chi connectivity index (χ2v) is 4.59. The fraction of sp³-hybridized carbons (Fsp3) is 0.667. The molecule has 3 nitrogen and oxygen atoms in total. The quantitative estimate of drug-likeness (QED) is 0.773.